The smallest absolute Gasteiger partial charge is 0.305 e. The van der Waals surface area contributed by atoms with Crippen molar-refractivity contribution in [3.05, 3.63) is 95.1 Å². The van der Waals surface area contributed by atoms with Crippen LogP contribution in [0.1, 0.15) is 39.3 Å². The summed E-state index contributed by atoms with van der Waals surface area (Å²) in [6.45, 7) is 4.46. The minimum Gasteiger partial charge on any atom is -0.469 e. The van der Waals surface area contributed by atoms with Crippen LogP contribution in [0, 0.1) is 13.8 Å². The second-order valence-corrected chi connectivity index (χ2v) is 8.31. The summed E-state index contributed by atoms with van der Waals surface area (Å²) in [7, 11) is 1.39. The number of nitrogens with one attached hydrogen (secondary N) is 1. The molecular formula is C27H29N5O3. The molecule has 0 fully saturated rings. The first kappa shape index (κ1) is 23.9. The highest BCUT2D eigenvalue weighted by molar-refractivity contribution is 5.94. The van der Waals surface area contributed by atoms with Crippen LogP contribution < -0.4 is 5.32 Å². The van der Waals surface area contributed by atoms with Crippen LogP contribution in [0.25, 0.3) is 11.4 Å². The number of aryl methyl sites for hydroxylation is 1. The van der Waals surface area contributed by atoms with Crippen molar-refractivity contribution in [2.75, 3.05) is 13.7 Å². The Kier molecular flexibility index (Phi) is 7.40. The summed E-state index contributed by atoms with van der Waals surface area (Å²) in [4.78, 5) is 24.1. The van der Waals surface area contributed by atoms with Crippen molar-refractivity contribution in [1.29, 1.82) is 0 Å². The predicted molar refractivity (Wildman–Crippen MR) is 133 cm³/mol. The first-order chi connectivity index (χ1) is 17.0. The number of hydrogen-bond donors (Lipinski definition) is 1. The number of methoxy groups -OCH3 is 1. The van der Waals surface area contributed by atoms with Gasteiger partial charge in [0.15, 0.2) is 0 Å². The fourth-order valence-electron chi connectivity index (χ4n) is 4.03. The van der Waals surface area contributed by atoms with Gasteiger partial charge in [-0.2, -0.15) is 10.2 Å². The normalized spacial score (nSPS) is 10.8. The van der Waals surface area contributed by atoms with Crippen LogP contribution in [0.5, 0.6) is 0 Å². The standard InChI is InChI=1S/C27H29N5O3/c1-19-25(13-14-26(33)35-3)20(2)32(30-19)24-11-7-22(8-12-24)27(34)28-17-15-21-5-9-23(10-6-21)31-18-4-16-29-31/h4-12,16,18H,13-15,17H2,1-3H3,(H,28,34). The lowest BCUT2D eigenvalue weighted by Gasteiger charge is -2.09. The summed E-state index contributed by atoms with van der Waals surface area (Å²) >= 11 is 0. The Morgan fingerprint density at radius 2 is 1.69 bits per heavy atom. The number of nitrogens with zero attached hydrogens (tertiary/aromatic N) is 4. The van der Waals surface area contributed by atoms with E-state index in [1.165, 1.54) is 7.11 Å². The zero-order valence-corrected chi connectivity index (χ0v) is 20.2. The lowest BCUT2D eigenvalue weighted by molar-refractivity contribution is -0.140. The Hall–Kier alpha value is -4.20. The Labute approximate surface area is 204 Å². The Bertz CT molecular complexity index is 1290. The van der Waals surface area contributed by atoms with Crippen LogP contribution >= 0.6 is 0 Å². The second-order valence-electron chi connectivity index (χ2n) is 8.31. The van der Waals surface area contributed by atoms with Crippen LogP contribution in [-0.2, 0) is 22.4 Å². The van der Waals surface area contributed by atoms with E-state index in [-0.39, 0.29) is 11.9 Å². The van der Waals surface area contributed by atoms with E-state index in [0.29, 0.717) is 24.9 Å². The van der Waals surface area contributed by atoms with Gasteiger partial charge in [-0.25, -0.2) is 9.36 Å². The number of hydrogen-bond acceptors (Lipinski definition) is 5. The monoisotopic (exact) mass is 471 g/mol. The fourth-order valence-corrected chi connectivity index (χ4v) is 4.03. The molecule has 8 heteroatoms. The SMILES string of the molecule is COC(=O)CCc1c(C)nn(-c2ccc(C(=O)NCCc3ccc(-n4cccn4)cc3)cc2)c1C. The van der Waals surface area contributed by atoms with Gasteiger partial charge in [0.25, 0.3) is 5.91 Å². The highest BCUT2D eigenvalue weighted by atomic mass is 16.5. The Morgan fingerprint density at radius 1 is 0.971 bits per heavy atom. The van der Waals surface area contributed by atoms with Crippen LogP contribution in [0.3, 0.4) is 0 Å². The number of ether oxygens (including phenoxy) is 1. The lowest BCUT2D eigenvalue weighted by Crippen LogP contribution is -2.25. The van der Waals surface area contributed by atoms with E-state index in [2.05, 4.69) is 15.5 Å². The molecule has 0 aliphatic heterocycles. The summed E-state index contributed by atoms with van der Waals surface area (Å²) in [6, 6.07) is 17.4. The third kappa shape index (κ3) is 5.66. The van der Waals surface area contributed by atoms with Crippen molar-refractivity contribution >= 4 is 11.9 Å². The summed E-state index contributed by atoms with van der Waals surface area (Å²) < 4.78 is 8.40. The summed E-state index contributed by atoms with van der Waals surface area (Å²) in [5.74, 6) is -0.352. The highest BCUT2D eigenvalue weighted by Gasteiger charge is 2.15. The van der Waals surface area contributed by atoms with Crippen LogP contribution in [-0.4, -0.2) is 45.1 Å². The van der Waals surface area contributed by atoms with Gasteiger partial charge >= 0.3 is 5.97 Å². The van der Waals surface area contributed by atoms with Gasteiger partial charge in [0, 0.05) is 36.6 Å². The van der Waals surface area contributed by atoms with E-state index < -0.39 is 0 Å². The molecule has 0 unspecified atom stereocenters. The van der Waals surface area contributed by atoms with Gasteiger partial charge in [0.05, 0.1) is 24.2 Å². The zero-order valence-electron chi connectivity index (χ0n) is 20.2. The van der Waals surface area contributed by atoms with Crippen molar-refractivity contribution in [2.24, 2.45) is 0 Å². The molecule has 180 valence electrons. The molecule has 0 radical (unpaired) electrons. The van der Waals surface area contributed by atoms with Gasteiger partial charge in [0.1, 0.15) is 0 Å². The van der Waals surface area contributed by atoms with Crippen molar-refractivity contribution in [3.63, 3.8) is 0 Å². The lowest BCUT2D eigenvalue weighted by atomic mass is 10.1. The third-order valence-electron chi connectivity index (χ3n) is 6.03. The molecule has 2 heterocycles. The maximum Gasteiger partial charge on any atom is 0.305 e. The average molecular weight is 472 g/mol. The number of benzene rings is 2. The van der Waals surface area contributed by atoms with Crippen LogP contribution in [0.2, 0.25) is 0 Å². The maximum absolute atomic E-state index is 12.6. The van der Waals surface area contributed by atoms with Gasteiger partial charge in [-0.3, -0.25) is 9.59 Å². The van der Waals surface area contributed by atoms with E-state index in [4.69, 9.17) is 4.74 Å². The minimum absolute atomic E-state index is 0.114. The number of amides is 1. The minimum atomic E-state index is -0.238. The Balaban J connectivity index is 1.33. The van der Waals surface area contributed by atoms with Gasteiger partial charge in [-0.1, -0.05) is 12.1 Å². The second kappa shape index (κ2) is 10.8. The van der Waals surface area contributed by atoms with Gasteiger partial charge in [0.2, 0.25) is 0 Å². The molecule has 4 rings (SSSR count). The first-order valence-electron chi connectivity index (χ1n) is 11.6. The van der Waals surface area contributed by atoms with E-state index in [1.807, 2.05) is 71.9 Å². The maximum atomic E-state index is 12.6. The van der Waals surface area contributed by atoms with Crippen molar-refractivity contribution in [3.8, 4) is 11.4 Å². The van der Waals surface area contributed by atoms with E-state index in [1.54, 1.807) is 18.3 Å². The van der Waals surface area contributed by atoms with Gasteiger partial charge in [-0.05, 0) is 80.3 Å². The van der Waals surface area contributed by atoms with Crippen LogP contribution in [0.15, 0.2) is 67.0 Å². The molecule has 0 aliphatic rings. The topological polar surface area (TPSA) is 91.0 Å². The van der Waals surface area contributed by atoms with Gasteiger partial charge < -0.3 is 10.1 Å². The molecule has 0 spiro atoms. The number of carbonyl (C=O) groups is 2. The molecule has 0 saturated heterocycles. The molecule has 0 atom stereocenters. The summed E-state index contributed by atoms with van der Waals surface area (Å²) in [5.41, 5.74) is 6.49. The quantitative estimate of drug-likeness (QED) is 0.376. The first-order valence-corrected chi connectivity index (χ1v) is 11.6. The number of esters is 1. The average Bonchev–Trinajstić information content (AvgIpc) is 3.51. The molecule has 0 bridgehead atoms. The van der Waals surface area contributed by atoms with E-state index >= 15 is 0 Å². The van der Waals surface area contributed by atoms with E-state index in [0.717, 1.165) is 40.3 Å². The summed E-state index contributed by atoms with van der Waals surface area (Å²) in [6.07, 6.45) is 5.29. The molecule has 35 heavy (non-hydrogen) atoms. The summed E-state index contributed by atoms with van der Waals surface area (Å²) in [5, 5.41) is 11.8. The molecule has 2 aromatic carbocycles. The largest absolute Gasteiger partial charge is 0.469 e. The van der Waals surface area contributed by atoms with Gasteiger partial charge in [-0.15, -0.1) is 0 Å². The molecule has 0 aliphatic carbocycles. The molecule has 2 aromatic heterocycles. The molecule has 4 aromatic rings. The van der Waals surface area contributed by atoms with Crippen LogP contribution in [0.4, 0.5) is 0 Å². The number of rotatable bonds is 9. The molecule has 8 nitrogen and oxygen atoms in total. The molecule has 1 N–H and O–H groups in total. The third-order valence-corrected chi connectivity index (χ3v) is 6.03. The van der Waals surface area contributed by atoms with Crippen molar-refractivity contribution in [1.82, 2.24) is 24.9 Å². The van der Waals surface area contributed by atoms with Crippen molar-refractivity contribution in [2.45, 2.75) is 33.1 Å². The fraction of sp³-hybridized carbons (Fsp3) is 0.259. The number of aromatic nitrogens is 4. The molecular weight excluding hydrogens is 442 g/mol. The van der Waals surface area contributed by atoms with E-state index in [9.17, 15) is 9.59 Å². The predicted octanol–water partition coefficient (Wildman–Crippen LogP) is 3.75. The Morgan fingerprint density at radius 3 is 2.34 bits per heavy atom. The highest BCUT2D eigenvalue weighted by Crippen LogP contribution is 2.20. The zero-order chi connectivity index (χ0) is 24.8. The molecule has 1 amide bonds. The number of carbonyl (C=O) groups excluding carboxylic acids is 2. The molecule has 0 saturated carbocycles. The van der Waals surface area contributed by atoms with Crippen molar-refractivity contribution < 1.29 is 14.3 Å².